The molecule has 0 bridgehead atoms. The summed E-state index contributed by atoms with van der Waals surface area (Å²) in [4.78, 5) is 0. The van der Waals surface area contributed by atoms with E-state index in [-0.39, 0.29) is 0 Å². The fourth-order valence-corrected chi connectivity index (χ4v) is 4.06. The number of rotatable bonds is 8. The Morgan fingerprint density at radius 1 is 0.900 bits per heavy atom. The van der Waals surface area contributed by atoms with E-state index >= 15 is 0 Å². The smallest absolute Gasteiger partial charge is 0.195 e. The van der Waals surface area contributed by atoms with Gasteiger partial charge in [-0.1, -0.05) is 83.5 Å². The molecule has 0 atom stereocenters. The lowest BCUT2D eigenvalue weighted by Crippen LogP contribution is -2.05. The highest BCUT2D eigenvalue weighted by atomic mass is 35.5. The first kappa shape index (κ1) is 20.5. The van der Waals surface area contributed by atoms with Crippen LogP contribution in [-0.2, 0) is 6.42 Å². The normalized spacial score (nSPS) is 10.9. The summed E-state index contributed by atoms with van der Waals surface area (Å²) in [5.41, 5.74) is 3.49. The summed E-state index contributed by atoms with van der Waals surface area (Å²) in [6.45, 7) is 2.62. The number of aromatic nitrogens is 3. The zero-order valence-corrected chi connectivity index (χ0v) is 18.2. The van der Waals surface area contributed by atoms with Gasteiger partial charge in [-0.15, -0.1) is 10.2 Å². The lowest BCUT2D eigenvalue weighted by Gasteiger charge is -2.11. The molecule has 0 radical (unpaired) electrons. The van der Waals surface area contributed by atoms with Gasteiger partial charge >= 0.3 is 0 Å². The molecule has 4 nitrogen and oxygen atoms in total. The average Bonchev–Trinajstić information content (AvgIpc) is 3.16. The predicted octanol–water partition coefficient (Wildman–Crippen LogP) is 5.99. The van der Waals surface area contributed by atoms with Crippen LogP contribution in [0, 0.1) is 6.92 Å². The molecule has 0 aliphatic rings. The van der Waals surface area contributed by atoms with Crippen molar-refractivity contribution in [1.82, 2.24) is 14.8 Å². The summed E-state index contributed by atoms with van der Waals surface area (Å²) in [5.74, 6) is 2.35. The number of aryl methyl sites for hydroxylation is 1. The van der Waals surface area contributed by atoms with Crippen molar-refractivity contribution in [2.45, 2.75) is 18.5 Å². The number of ether oxygens (including phenoxy) is 1. The van der Waals surface area contributed by atoms with Gasteiger partial charge in [0.05, 0.1) is 11.6 Å². The monoisotopic (exact) mass is 435 g/mol. The van der Waals surface area contributed by atoms with E-state index < -0.39 is 0 Å². The molecule has 0 aliphatic carbocycles. The maximum atomic E-state index is 6.16. The average molecular weight is 436 g/mol. The largest absolute Gasteiger partial charge is 0.491 e. The molecule has 4 aromatic rings. The van der Waals surface area contributed by atoms with Gasteiger partial charge in [0.1, 0.15) is 11.6 Å². The first-order valence-electron chi connectivity index (χ1n) is 9.76. The molecule has 1 heterocycles. The highest BCUT2D eigenvalue weighted by molar-refractivity contribution is 7.99. The Morgan fingerprint density at radius 3 is 2.40 bits per heavy atom. The van der Waals surface area contributed by atoms with Crippen molar-refractivity contribution in [3.8, 4) is 11.4 Å². The standard InChI is InChI=1S/C24H22ClN3OS/c1-18-11-13-20(14-12-18)28-23(17-19-7-3-2-4-8-19)26-27-24(28)30-16-15-29-22-10-6-5-9-21(22)25/h2-14H,15-17H2,1H3. The molecular formula is C24H22ClN3OS. The number of hydrogen-bond acceptors (Lipinski definition) is 4. The Labute approximate surface area is 185 Å². The zero-order valence-electron chi connectivity index (χ0n) is 16.7. The Balaban J connectivity index is 1.51. The van der Waals surface area contributed by atoms with E-state index in [9.17, 15) is 0 Å². The van der Waals surface area contributed by atoms with E-state index in [0.29, 0.717) is 17.4 Å². The minimum atomic E-state index is 0.531. The van der Waals surface area contributed by atoms with Gasteiger partial charge in [-0.05, 0) is 36.8 Å². The third-order valence-corrected chi connectivity index (χ3v) is 5.81. The summed E-state index contributed by atoms with van der Waals surface area (Å²) >= 11 is 7.78. The fourth-order valence-electron chi connectivity index (χ4n) is 3.09. The molecule has 4 rings (SSSR count). The van der Waals surface area contributed by atoms with Gasteiger partial charge in [0.25, 0.3) is 0 Å². The van der Waals surface area contributed by atoms with E-state index in [2.05, 4.69) is 58.1 Å². The first-order chi connectivity index (χ1) is 14.7. The molecule has 0 aliphatic heterocycles. The number of hydrogen-bond donors (Lipinski definition) is 0. The second kappa shape index (κ2) is 9.83. The molecule has 3 aromatic carbocycles. The van der Waals surface area contributed by atoms with Crippen molar-refractivity contribution in [1.29, 1.82) is 0 Å². The maximum Gasteiger partial charge on any atom is 0.195 e. The van der Waals surface area contributed by atoms with Gasteiger partial charge in [-0.3, -0.25) is 4.57 Å². The van der Waals surface area contributed by atoms with Crippen molar-refractivity contribution in [3.63, 3.8) is 0 Å². The Bertz CT molecular complexity index is 1100. The number of thioether (sulfide) groups is 1. The minimum Gasteiger partial charge on any atom is -0.491 e. The van der Waals surface area contributed by atoms with Crippen LogP contribution in [0.2, 0.25) is 5.02 Å². The molecule has 0 amide bonds. The summed E-state index contributed by atoms with van der Waals surface area (Å²) in [6, 6.07) is 26.3. The quantitative estimate of drug-likeness (QED) is 0.251. The van der Waals surface area contributed by atoms with E-state index in [4.69, 9.17) is 16.3 Å². The van der Waals surface area contributed by atoms with Crippen LogP contribution in [0.15, 0.2) is 84.0 Å². The third kappa shape index (κ3) is 5.04. The molecule has 30 heavy (non-hydrogen) atoms. The highest BCUT2D eigenvalue weighted by Crippen LogP contribution is 2.26. The van der Waals surface area contributed by atoms with Crippen molar-refractivity contribution >= 4 is 23.4 Å². The molecular weight excluding hydrogens is 414 g/mol. The molecule has 6 heteroatoms. The summed E-state index contributed by atoms with van der Waals surface area (Å²) < 4.78 is 7.94. The lowest BCUT2D eigenvalue weighted by molar-refractivity contribution is 0.344. The first-order valence-corrected chi connectivity index (χ1v) is 11.1. The molecule has 0 saturated heterocycles. The molecule has 0 saturated carbocycles. The van der Waals surface area contributed by atoms with Crippen LogP contribution < -0.4 is 4.74 Å². The van der Waals surface area contributed by atoms with Crippen LogP contribution >= 0.6 is 23.4 Å². The maximum absolute atomic E-state index is 6.16. The van der Waals surface area contributed by atoms with E-state index in [1.807, 2.05) is 42.5 Å². The second-order valence-electron chi connectivity index (χ2n) is 6.86. The van der Waals surface area contributed by atoms with Crippen molar-refractivity contribution < 1.29 is 4.74 Å². The third-order valence-electron chi connectivity index (χ3n) is 4.61. The summed E-state index contributed by atoms with van der Waals surface area (Å²) in [7, 11) is 0. The van der Waals surface area contributed by atoms with Crippen molar-refractivity contribution in [3.05, 3.63) is 101 Å². The molecule has 0 unspecified atom stereocenters. The highest BCUT2D eigenvalue weighted by Gasteiger charge is 2.15. The number of nitrogens with zero attached hydrogens (tertiary/aromatic N) is 3. The van der Waals surface area contributed by atoms with E-state index in [1.165, 1.54) is 11.1 Å². The number of para-hydroxylation sites is 1. The van der Waals surface area contributed by atoms with Gasteiger partial charge in [0, 0.05) is 17.9 Å². The van der Waals surface area contributed by atoms with Crippen LogP contribution in [-0.4, -0.2) is 27.1 Å². The molecule has 0 fully saturated rings. The zero-order chi connectivity index (χ0) is 20.8. The van der Waals surface area contributed by atoms with Crippen molar-refractivity contribution in [2.75, 3.05) is 12.4 Å². The molecule has 0 spiro atoms. The number of halogens is 1. The second-order valence-corrected chi connectivity index (χ2v) is 8.33. The van der Waals surface area contributed by atoms with Gasteiger partial charge in [0.15, 0.2) is 5.16 Å². The van der Waals surface area contributed by atoms with E-state index in [1.54, 1.807) is 11.8 Å². The van der Waals surface area contributed by atoms with Crippen LogP contribution in [0.25, 0.3) is 5.69 Å². The van der Waals surface area contributed by atoms with Crippen LogP contribution in [0.3, 0.4) is 0 Å². The number of benzene rings is 3. The van der Waals surface area contributed by atoms with E-state index in [0.717, 1.165) is 28.8 Å². The predicted molar refractivity (Wildman–Crippen MR) is 123 cm³/mol. The SMILES string of the molecule is Cc1ccc(-n2c(Cc3ccccc3)nnc2SCCOc2ccccc2Cl)cc1. The topological polar surface area (TPSA) is 39.9 Å². The van der Waals surface area contributed by atoms with Crippen molar-refractivity contribution in [2.24, 2.45) is 0 Å². The fraction of sp³-hybridized carbons (Fsp3) is 0.167. The van der Waals surface area contributed by atoms with Gasteiger partial charge in [0.2, 0.25) is 0 Å². The minimum absolute atomic E-state index is 0.531. The lowest BCUT2D eigenvalue weighted by atomic mass is 10.1. The van der Waals surface area contributed by atoms with Crippen LogP contribution in [0.4, 0.5) is 0 Å². The summed E-state index contributed by atoms with van der Waals surface area (Å²) in [5, 5.41) is 10.4. The summed E-state index contributed by atoms with van der Waals surface area (Å²) in [6.07, 6.45) is 0.721. The Hall–Kier alpha value is -2.76. The Morgan fingerprint density at radius 2 is 1.63 bits per heavy atom. The molecule has 152 valence electrons. The Kier molecular flexibility index (Phi) is 6.72. The van der Waals surface area contributed by atoms with Crippen LogP contribution in [0.5, 0.6) is 5.75 Å². The van der Waals surface area contributed by atoms with Gasteiger partial charge in [-0.25, -0.2) is 0 Å². The molecule has 1 aromatic heterocycles. The van der Waals surface area contributed by atoms with Gasteiger partial charge in [-0.2, -0.15) is 0 Å². The molecule has 0 N–H and O–H groups in total. The van der Waals surface area contributed by atoms with Gasteiger partial charge < -0.3 is 4.74 Å². The van der Waals surface area contributed by atoms with Crippen LogP contribution in [0.1, 0.15) is 17.0 Å².